The second-order valence-corrected chi connectivity index (χ2v) is 7.06. The van der Waals surface area contributed by atoms with Gasteiger partial charge in [0.05, 0.1) is 25.9 Å². The molecule has 0 aromatic heterocycles. The van der Waals surface area contributed by atoms with Crippen LogP contribution in [-0.4, -0.2) is 62.0 Å². The van der Waals surface area contributed by atoms with Gasteiger partial charge < -0.3 is 15.0 Å². The maximum atomic E-state index is 12.3. The quantitative estimate of drug-likeness (QED) is 0.839. The van der Waals surface area contributed by atoms with Crippen molar-refractivity contribution >= 4 is 29.1 Å². The maximum Gasteiger partial charge on any atom is 0.238 e. The van der Waals surface area contributed by atoms with E-state index in [1.54, 1.807) is 30.1 Å². The lowest BCUT2D eigenvalue weighted by molar-refractivity contribution is -0.133. The molecule has 138 valence electrons. The van der Waals surface area contributed by atoms with Crippen molar-refractivity contribution in [3.8, 4) is 5.75 Å². The number of hydrogen-bond acceptors (Lipinski definition) is 4. The van der Waals surface area contributed by atoms with Gasteiger partial charge in [-0.25, -0.2) is 0 Å². The number of carbonyl (C=O) groups excluding carboxylic acids is 2. The van der Waals surface area contributed by atoms with Crippen molar-refractivity contribution in [1.29, 1.82) is 0 Å². The predicted octanol–water partition coefficient (Wildman–Crippen LogP) is 2.48. The minimum Gasteiger partial charge on any atom is -0.495 e. The second kappa shape index (κ2) is 9.06. The number of rotatable bonds is 6. The number of likely N-dealkylation sites (N-methyl/N-ethyl adjacent to an activating group) is 1. The molecule has 0 spiro atoms. The minimum absolute atomic E-state index is 0.0718. The van der Waals surface area contributed by atoms with Gasteiger partial charge in [-0.15, -0.1) is 0 Å². The number of nitrogens with one attached hydrogen (secondary N) is 1. The van der Waals surface area contributed by atoms with E-state index in [2.05, 4.69) is 12.2 Å². The molecule has 1 aromatic rings. The second-order valence-electron chi connectivity index (χ2n) is 6.63. The molecule has 7 heteroatoms. The fourth-order valence-corrected chi connectivity index (χ4v) is 3.03. The zero-order chi connectivity index (χ0) is 18.4. The first kappa shape index (κ1) is 19.5. The lowest BCUT2D eigenvalue weighted by atomic mass is 9.99. The highest BCUT2D eigenvalue weighted by Gasteiger charge is 2.21. The Bertz CT molecular complexity index is 616. The van der Waals surface area contributed by atoms with Crippen LogP contribution in [0.15, 0.2) is 18.2 Å². The van der Waals surface area contributed by atoms with Crippen LogP contribution in [0, 0.1) is 5.92 Å². The highest BCUT2D eigenvalue weighted by Crippen LogP contribution is 2.27. The minimum atomic E-state index is -0.219. The van der Waals surface area contributed by atoms with E-state index >= 15 is 0 Å². The molecule has 0 atom stereocenters. The molecule has 0 saturated carbocycles. The summed E-state index contributed by atoms with van der Waals surface area (Å²) in [5, 5.41) is 3.29. The van der Waals surface area contributed by atoms with Crippen molar-refractivity contribution in [2.45, 2.75) is 19.8 Å². The summed E-state index contributed by atoms with van der Waals surface area (Å²) in [7, 11) is 3.29. The Morgan fingerprint density at radius 3 is 2.64 bits per heavy atom. The Morgan fingerprint density at radius 2 is 2.00 bits per heavy atom. The number of halogens is 1. The average Bonchev–Trinajstić information content (AvgIpc) is 2.55. The van der Waals surface area contributed by atoms with E-state index in [-0.39, 0.29) is 24.9 Å². The number of nitrogens with zero attached hydrogens (tertiary/aromatic N) is 2. The van der Waals surface area contributed by atoms with Gasteiger partial charge in [-0.2, -0.15) is 0 Å². The number of carbonyl (C=O) groups is 2. The topological polar surface area (TPSA) is 61.9 Å². The maximum absolute atomic E-state index is 12.3. The van der Waals surface area contributed by atoms with Crippen molar-refractivity contribution < 1.29 is 14.3 Å². The summed E-state index contributed by atoms with van der Waals surface area (Å²) < 4.78 is 5.21. The normalized spacial score (nSPS) is 15.3. The summed E-state index contributed by atoms with van der Waals surface area (Å²) in [6, 6.07) is 5.03. The van der Waals surface area contributed by atoms with Crippen LogP contribution in [0.3, 0.4) is 0 Å². The largest absolute Gasteiger partial charge is 0.495 e. The molecule has 2 rings (SSSR count). The SMILES string of the molecule is COc1ccc(Cl)cc1NC(=O)CN(C)CC(=O)N1CCC(C)CC1. The summed E-state index contributed by atoms with van der Waals surface area (Å²) in [6.07, 6.45) is 2.09. The molecule has 1 aromatic carbocycles. The number of methoxy groups -OCH3 is 1. The molecule has 6 nitrogen and oxygen atoms in total. The number of ether oxygens (including phenoxy) is 1. The van der Waals surface area contributed by atoms with Gasteiger partial charge in [0.2, 0.25) is 11.8 Å². The Morgan fingerprint density at radius 1 is 1.32 bits per heavy atom. The van der Waals surface area contributed by atoms with Crippen molar-refractivity contribution in [2.75, 3.05) is 45.7 Å². The third-order valence-corrected chi connectivity index (χ3v) is 4.63. The number of likely N-dealkylation sites (tertiary alicyclic amines) is 1. The van der Waals surface area contributed by atoms with Gasteiger partial charge in [-0.05, 0) is 44.0 Å². The molecule has 0 radical (unpaired) electrons. The Balaban J connectivity index is 1.84. The lowest BCUT2D eigenvalue weighted by Crippen LogP contribution is -2.44. The highest BCUT2D eigenvalue weighted by molar-refractivity contribution is 6.31. The van der Waals surface area contributed by atoms with E-state index in [1.807, 2.05) is 4.90 Å². The van der Waals surface area contributed by atoms with Crippen molar-refractivity contribution in [2.24, 2.45) is 5.92 Å². The molecule has 2 amide bonds. The van der Waals surface area contributed by atoms with Gasteiger partial charge in [0.1, 0.15) is 5.75 Å². The van der Waals surface area contributed by atoms with E-state index < -0.39 is 0 Å². The molecule has 1 heterocycles. The smallest absolute Gasteiger partial charge is 0.238 e. The van der Waals surface area contributed by atoms with Crippen LogP contribution in [0.1, 0.15) is 19.8 Å². The van der Waals surface area contributed by atoms with E-state index in [4.69, 9.17) is 16.3 Å². The molecular formula is C18H26ClN3O3. The Hall–Kier alpha value is -1.79. The number of amides is 2. The first-order valence-electron chi connectivity index (χ1n) is 8.48. The van der Waals surface area contributed by atoms with Gasteiger partial charge in [0.15, 0.2) is 0 Å². The zero-order valence-electron chi connectivity index (χ0n) is 15.0. The summed E-state index contributed by atoms with van der Waals surface area (Å²) in [4.78, 5) is 28.1. The van der Waals surface area contributed by atoms with Crippen molar-refractivity contribution in [3.63, 3.8) is 0 Å². The lowest BCUT2D eigenvalue weighted by Gasteiger charge is -2.31. The summed E-state index contributed by atoms with van der Waals surface area (Å²) in [5.74, 6) is 1.07. The molecule has 1 aliphatic heterocycles. The van der Waals surface area contributed by atoms with Gasteiger partial charge >= 0.3 is 0 Å². The highest BCUT2D eigenvalue weighted by atomic mass is 35.5. The first-order chi connectivity index (χ1) is 11.9. The van der Waals surface area contributed by atoms with Crippen LogP contribution in [0.5, 0.6) is 5.75 Å². The average molecular weight is 368 g/mol. The van der Waals surface area contributed by atoms with E-state index in [0.717, 1.165) is 25.9 Å². The molecule has 1 saturated heterocycles. The van der Waals surface area contributed by atoms with Crippen LogP contribution in [0.25, 0.3) is 0 Å². The van der Waals surface area contributed by atoms with Crippen LogP contribution in [0.4, 0.5) is 5.69 Å². The number of anilines is 1. The van der Waals surface area contributed by atoms with Crippen LogP contribution >= 0.6 is 11.6 Å². The summed E-state index contributed by atoms with van der Waals surface area (Å²) in [5.41, 5.74) is 0.518. The third-order valence-electron chi connectivity index (χ3n) is 4.39. The molecule has 0 bridgehead atoms. The van der Waals surface area contributed by atoms with E-state index in [9.17, 15) is 9.59 Å². The monoisotopic (exact) mass is 367 g/mol. The third kappa shape index (κ3) is 5.90. The van der Waals surface area contributed by atoms with Gasteiger partial charge in [-0.1, -0.05) is 18.5 Å². The summed E-state index contributed by atoms with van der Waals surface area (Å²) >= 11 is 5.96. The fraction of sp³-hybridized carbons (Fsp3) is 0.556. The van der Waals surface area contributed by atoms with E-state index in [1.165, 1.54) is 7.11 Å². The first-order valence-corrected chi connectivity index (χ1v) is 8.86. The van der Waals surface area contributed by atoms with Crippen LogP contribution in [0.2, 0.25) is 5.02 Å². The van der Waals surface area contributed by atoms with Crippen LogP contribution < -0.4 is 10.1 Å². The number of benzene rings is 1. The summed E-state index contributed by atoms with van der Waals surface area (Å²) in [6.45, 7) is 4.17. The predicted molar refractivity (Wildman–Crippen MR) is 99.1 cm³/mol. The standard InChI is InChI=1S/C18H26ClN3O3/c1-13-6-8-22(9-7-13)18(24)12-21(2)11-17(23)20-15-10-14(19)4-5-16(15)25-3/h4-5,10,13H,6-9,11-12H2,1-3H3,(H,20,23). The van der Waals surface area contributed by atoms with Gasteiger partial charge in [-0.3, -0.25) is 14.5 Å². The van der Waals surface area contributed by atoms with Crippen LogP contribution in [-0.2, 0) is 9.59 Å². The Kier molecular flexibility index (Phi) is 7.08. The molecule has 0 aliphatic carbocycles. The fourth-order valence-electron chi connectivity index (χ4n) is 2.86. The zero-order valence-corrected chi connectivity index (χ0v) is 15.8. The van der Waals surface area contributed by atoms with Crippen molar-refractivity contribution in [3.05, 3.63) is 23.2 Å². The molecule has 1 aliphatic rings. The molecule has 1 fully saturated rings. The van der Waals surface area contributed by atoms with E-state index in [0.29, 0.717) is 22.4 Å². The molecule has 1 N–H and O–H groups in total. The molecule has 0 unspecified atom stereocenters. The molecule has 25 heavy (non-hydrogen) atoms. The Labute approximate surface area is 154 Å². The number of piperidine rings is 1. The molecular weight excluding hydrogens is 342 g/mol. The van der Waals surface area contributed by atoms with Crippen molar-refractivity contribution in [1.82, 2.24) is 9.80 Å². The number of hydrogen-bond donors (Lipinski definition) is 1. The van der Waals surface area contributed by atoms with Gasteiger partial charge in [0, 0.05) is 18.1 Å². The van der Waals surface area contributed by atoms with Gasteiger partial charge in [0.25, 0.3) is 0 Å².